The van der Waals surface area contributed by atoms with Crippen molar-refractivity contribution in [2.45, 2.75) is 26.7 Å². The Balaban J connectivity index is 2.02. The Morgan fingerprint density at radius 3 is 2.33 bits per heavy atom. The highest BCUT2D eigenvalue weighted by atomic mass is 14.7. The van der Waals surface area contributed by atoms with Crippen molar-refractivity contribution in [3.8, 4) is 6.07 Å². The number of hydrogen-bond acceptors (Lipinski definition) is 2. The van der Waals surface area contributed by atoms with Crippen LogP contribution in [0.1, 0.15) is 37.0 Å². The molecule has 0 saturated heterocycles. The molecule has 0 amide bonds. The second-order valence-electron chi connectivity index (χ2n) is 5.38. The van der Waals surface area contributed by atoms with Gasteiger partial charge in [0, 0.05) is 6.21 Å². The lowest BCUT2D eigenvalue weighted by molar-refractivity contribution is 0.560. The van der Waals surface area contributed by atoms with Crippen LogP contribution in [0.2, 0.25) is 0 Å². The van der Waals surface area contributed by atoms with E-state index in [4.69, 9.17) is 5.26 Å². The lowest BCUT2D eigenvalue weighted by atomic mass is 9.99. The molecule has 2 nitrogen and oxygen atoms in total. The molecule has 2 aromatic carbocycles. The fraction of sp³-hybridized carbons (Fsp3) is 0.263. The Morgan fingerprint density at radius 1 is 1.10 bits per heavy atom. The van der Waals surface area contributed by atoms with Gasteiger partial charge in [0.1, 0.15) is 0 Å². The summed E-state index contributed by atoms with van der Waals surface area (Å²) in [6, 6.07) is 17.9. The Bertz CT molecular complexity index is 631. The van der Waals surface area contributed by atoms with E-state index in [9.17, 15) is 0 Å². The largest absolute Gasteiger partial charge is 0.256 e. The second kappa shape index (κ2) is 7.40. The summed E-state index contributed by atoms with van der Waals surface area (Å²) in [5, 5.41) is 8.76. The van der Waals surface area contributed by atoms with Crippen molar-refractivity contribution in [1.29, 1.82) is 5.26 Å². The van der Waals surface area contributed by atoms with Gasteiger partial charge in [0.25, 0.3) is 0 Å². The molecule has 2 heteroatoms. The molecule has 21 heavy (non-hydrogen) atoms. The molecule has 2 rings (SSSR count). The van der Waals surface area contributed by atoms with Crippen LogP contribution in [-0.2, 0) is 6.42 Å². The molecule has 0 aliphatic carbocycles. The normalized spacial score (nSPS) is 12.2. The molecule has 0 N–H and O–H groups in total. The summed E-state index contributed by atoms with van der Waals surface area (Å²) in [5.41, 5.74) is 3.98. The van der Waals surface area contributed by atoms with Gasteiger partial charge >= 0.3 is 0 Å². The van der Waals surface area contributed by atoms with Crippen molar-refractivity contribution in [3.63, 3.8) is 0 Å². The number of aliphatic imine (C=N–C) groups is 1. The quantitative estimate of drug-likeness (QED) is 0.716. The van der Waals surface area contributed by atoms with Crippen LogP contribution in [0.4, 0.5) is 5.69 Å². The topological polar surface area (TPSA) is 36.1 Å². The van der Waals surface area contributed by atoms with Crippen molar-refractivity contribution in [2.75, 3.05) is 0 Å². The minimum atomic E-state index is 0.668. The monoisotopic (exact) mass is 276 g/mol. The summed E-state index contributed by atoms with van der Waals surface area (Å²) >= 11 is 0. The van der Waals surface area contributed by atoms with Crippen LogP contribution in [-0.4, -0.2) is 6.21 Å². The lowest BCUT2D eigenvalue weighted by Crippen LogP contribution is -1.96. The molecule has 2 aromatic rings. The predicted octanol–water partition coefficient (Wildman–Crippen LogP) is 4.90. The maximum atomic E-state index is 8.76. The van der Waals surface area contributed by atoms with Gasteiger partial charge in [0.15, 0.2) is 0 Å². The van der Waals surface area contributed by atoms with E-state index in [2.05, 4.69) is 49.2 Å². The predicted molar refractivity (Wildman–Crippen MR) is 88.0 cm³/mol. The average molecular weight is 276 g/mol. The van der Waals surface area contributed by atoms with Gasteiger partial charge < -0.3 is 0 Å². The zero-order valence-corrected chi connectivity index (χ0v) is 12.6. The van der Waals surface area contributed by atoms with Gasteiger partial charge in [-0.05, 0) is 47.7 Å². The molecule has 0 spiro atoms. The van der Waals surface area contributed by atoms with E-state index in [0.29, 0.717) is 5.56 Å². The standard InChI is InChI=1S/C19H20N2/c1-3-15(2)12-16-8-10-19(11-9-16)21-14-18-6-4-17(13-20)5-7-18/h4-11,14-15H,3,12H2,1-2H3. The van der Waals surface area contributed by atoms with Crippen LogP contribution >= 0.6 is 0 Å². The SMILES string of the molecule is CCC(C)Cc1ccc(N=Cc2ccc(C#N)cc2)cc1. The minimum absolute atomic E-state index is 0.668. The van der Waals surface area contributed by atoms with Crippen molar-refractivity contribution >= 4 is 11.9 Å². The molecule has 0 aliphatic heterocycles. The van der Waals surface area contributed by atoms with Crippen LogP contribution in [0.5, 0.6) is 0 Å². The average Bonchev–Trinajstić information content (AvgIpc) is 2.54. The maximum absolute atomic E-state index is 8.76. The molecule has 0 saturated carbocycles. The molecule has 1 unspecified atom stereocenters. The first-order valence-electron chi connectivity index (χ1n) is 7.34. The summed E-state index contributed by atoms with van der Waals surface area (Å²) < 4.78 is 0. The number of hydrogen-bond donors (Lipinski definition) is 0. The summed E-state index contributed by atoms with van der Waals surface area (Å²) in [6.07, 6.45) is 4.15. The maximum Gasteiger partial charge on any atom is 0.0991 e. The fourth-order valence-electron chi connectivity index (χ4n) is 2.06. The lowest BCUT2D eigenvalue weighted by Gasteiger charge is -2.07. The summed E-state index contributed by atoms with van der Waals surface area (Å²) in [6.45, 7) is 4.50. The Labute approximate surface area is 126 Å². The van der Waals surface area contributed by atoms with Gasteiger partial charge in [-0.1, -0.05) is 44.5 Å². The number of nitrogens with zero attached hydrogens (tertiary/aromatic N) is 2. The highest BCUT2D eigenvalue weighted by molar-refractivity contribution is 5.82. The van der Waals surface area contributed by atoms with Gasteiger partial charge in [-0.25, -0.2) is 0 Å². The summed E-state index contributed by atoms with van der Waals surface area (Å²) in [4.78, 5) is 4.46. The smallest absolute Gasteiger partial charge is 0.0991 e. The van der Waals surface area contributed by atoms with E-state index in [1.165, 1.54) is 12.0 Å². The molecule has 106 valence electrons. The van der Waals surface area contributed by atoms with E-state index in [-0.39, 0.29) is 0 Å². The van der Waals surface area contributed by atoms with E-state index in [1.807, 2.05) is 18.3 Å². The minimum Gasteiger partial charge on any atom is -0.256 e. The molecule has 0 heterocycles. The van der Waals surface area contributed by atoms with Gasteiger partial charge in [-0.15, -0.1) is 0 Å². The summed E-state index contributed by atoms with van der Waals surface area (Å²) in [5.74, 6) is 0.720. The van der Waals surface area contributed by atoms with E-state index < -0.39 is 0 Å². The van der Waals surface area contributed by atoms with Crippen molar-refractivity contribution < 1.29 is 0 Å². The molecule has 1 atom stereocenters. The molecule has 0 aliphatic rings. The van der Waals surface area contributed by atoms with Gasteiger partial charge in [0.2, 0.25) is 0 Å². The fourth-order valence-corrected chi connectivity index (χ4v) is 2.06. The van der Waals surface area contributed by atoms with Crippen molar-refractivity contribution in [1.82, 2.24) is 0 Å². The molecule has 0 radical (unpaired) electrons. The van der Waals surface area contributed by atoms with Crippen LogP contribution in [0.3, 0.4) is 0 Å². The molecular weight excluding hydrogens is 256 g/mol. The van der Waals surface area contributed by atoms with Crippen molar-refractivity contribution in [3.05, 3.63) is 65.2 Å². The van der Waals surface area contributed by atoms with Crippen LogP contribution in [0, 0.1) is 17.2 Å². The Hall–Kier alpha value is -2.40. The highest BCUT2D eigenvalue weighted by Gasteiger charge is 2.00. The highest BCUT2D eigenvalue weighted by Crippen LogP contribution is 2.17. The molecule has 0 aromatic heterocycles. The van der Waals surface area contributed by atoms with Gasteiger partial charge in [-0.2, -0.15) is 5.26 Å². The number of rotatable bonds is 5. The first-order chi connectivity index (χ1) is 10.2. The zero-order valence-electron chi connectivity index (χ0n) is 12.6. The second-order valence-corrected chi connectivity index (χ2v) is 5.38. The van der Waals surface area contributed by atoms with Crippen LogP contribution < -0.4 is 0 Å². The van der Waals surface area contributed by atoms with E-state index in [0.717, 1.165) is 23.6 Å². The van der Waals surface area contributed by atoms with Gasteiger partial charge in [0.05, 0.1) is 17.3 Å². The molecule has 0 fully saturated rings. The number of benzene rings is 2. The zero-order chi connectivity index (χ0) is 15.1. The Kier molecular flexibility index (Phi) is 5.29. The third kappa shape index (κ3) is 4.57. The van der Waals surface area contributed by atoms with Crippen molar-refractivity contribution in [2.24, 2.45) is 10.9 Å². The first-order valence-corrected chi connectivity index (χ1v) is 7.34. The van der Waals surface area contributed by atoms with Gasteiger partial charge in [-0.3, -0.25) is 4.99 Å². The molecule has 0 bridgehead atoms. The van der Waals surface area contributed by atoms with Crippen LogP contribution in [0.15, 0.2) is 53.5 Å². The summed E-state index contributed by atoms with van der Waals surface area (Å²) in [7, 11) is 0. The third-order valence-electron chi connectivity index (χ3n) is 3.62. The third-order valence-corrected chi connectivity index (χ3v) is 3.62. The Morgan fingerprint density at radius 2 is 1.76 bits per heavy atom. The van der Waals surface area contributed by atoms with E-state index in [1.54, 1.807) is 12.1 Å². The first kappa shape index (κ1) is 15.0. The van der Waals surface area contributed by atoms with E-state index >= 15 is 0 Å². The number of nitriles is 1. The molecular formula is C19H20N2. The van der Waals surface area contributed by atoms with Crippen LogP contribution in [0.25, 0.3) is 0 Å².